The summed E-state index contributed by atoms with van der Waals surface area (Å²) in [5.41, 5.74) is 7.01. The minimum Gasteiger partial charge on any atom is -0.324 e. The van der Waals surface area contributed by atoms with Crippen LogP contribution in [0, 0.1) is 0 Å². The van der Waals surface area contributed by atoms with Crippen LogP contribution in [0.2, 0.25) is 8.67 Å². The van der Waals surface area contributed by atoms with Crippen molar-refractivity contribution >= 4 is 34.5 Å². The van der Waals surface area contributed by atoms with E-state index in [1.165, 1.54) is 24.2 Å². The molecule has 1 unspecified atom stereocenters. The van der Waals surface area contributed by atoms with E-state index in [2.05, 4.69) is 6.92 Å². The van der Waals surface area contributed by atoms with Gasteiger partial charge in [-0.25, -0.2) is 0 Å². The van der Waals surface area contributed by atoms with Gasteiger partial charge in [0.25, 0.3) is 0 Å². The summed E-state index contributed by atoms with van der Waals surface area (Å²) in [6.07, 6.45) is 4.58. The fourth-order valence-corrected chi connectivity index (χ4v) is 2.97. The van der Waals surface area contributed by atoms with E-state index in [-0.39, 0.29) is 6.04 Å². The number of nitrogens with two attached hydrogens (primary N) is 1. The highest BCUT2D eigenvalue weighted by Crippen LogP contribution is 2.35. The third-order valence-corrected chi connectivity index (χ3v) is 3.72. The second-order valence-corrected chi connectivity index (χ2v) is 5.67. The highest BCUT2D eigenvalue weighted by Gasteiger charge is 2.12. The second kappa shape index (κ2) is 5.96. The molecule has 0 radical (unpaired) electrons. The van der Waals surface area contributed by atoms with Crippen LogP contribution in [0.25, 0.3) is 0 Å². The van der Waals surface area contributed by atoms with E-state index in [0.717, 1.165) is 27.1 Å². The third kappa shape index (κ3) is 3.43. The van der Waals surface area contributed by atoms with Gasteiger partial charge in [-0.05, 0) is 18.1 Å². The van der Waals surface area contributed by atoms with E-state index >= 15 is 0 Å². The van der Waals surface area contributed by atoms with Gasteiger partial charge in [-0.3, -0.25) is 0 Å². The number of unbranched alkanes of at least 4 members (excludes halogenated alkanes) is 2. The molecule has 0 saturated carbocycles. The Balaban J connectivity index is 2.51. The molecule has 0 aliphatic heterocycles. The van der Waals surface area contributed by atoms with Crippen molar-refractivity contribution in [3.63, 3.8) is 0 Å². The van der Waals surface area contributed by atoms with Gasteiger partial charge in [0.1, 0.15) is 0 Å². The Morgan fingerprint density at radius 2 is 2.14 bits per heavy atom. The quantitative estimate of drug-likeness (QED) is 0.759. The first-order valence-electron chi connectivity index (χ1n) is 4.85. The van der Waals surface area contributed by atoms with Crippen molar-refractivity contribution in [1.82, 2.24) is 0 Å². The van der Waals surface area contributed by atoms with Crippen LogP contribution in [0.15, 0.2) is 6.07 Å². The summed E-state index contributed by atoms with van der Waals surface area (Å²) in [5.74, 6) is 0. The zero-order chi connectivity index (χ0) is 10.6. The zero-order valence-electron chi connectivity index (χ0n) is 8.22. The molecular formula is C10H15Cl2NS. The Labute approximate surface area is 99.2 Å². The van der Waals surface area contributed by atoms with Crippen LogP contribution in [-0.2, 0) is 0 Å². The van der Waals surface area contributed by atoms with Gasteiger partial charge < -0.3 is 5.73 Å². The van der Waals surface area contributed by atoms with Crippen molar-refractivity contribution < 1.29 is 0 Å². The molecule has 1 aromatic rings. The van der Waals surface area contributed by atoms with Gasteiger partial charge in [0.15, 0.2) is 0 Å². The molecule has 0 aromatic carbocycles. The van der Waals surface area contributed by atoms with Crippen molar-refractivity contribution in [3.05, 3.63) is 20.3 Å². The highest BCUT2D eigenvalue weighted by atomic mass is 35.5. The molecule has 1 nitrogen and oxygen atoms in total. The summed E-state index contributed by atoms with van der Waals surface area (Å²) < 4.78 is 1.45. The lowest BCUT2D eigenvalue weighted by Gasteiger charge is -2.09. The Bertz CT molecular complexity index is 286. The molecular weight excluding hydrogens is 237 g/mol. The van der Waals surface area contributed by atoms with Gasteiger partial charge in [0.05, 0.1) is 8.67 Å². The second-order valence-electron chi connectivity index (χ2n) is 3.38. The SMILES string of the molecule is CCCCCC(N)c1cc(Cl)sc1Cl. The van der Waals surface area contributed by atoms with Gasteiger partial charge in [-0.2, -0.15) is 0 Å². The van der Waals surface area contributed by atoms with Crippen LogP contribution < -0.4 is 5.73 Å². The van der Waals surface area contributed by atoms with Crippen LogP contribution in [-0.4, -0.2) is 0 Å². The first-order valence-corrected chi connectivity index (χ1v) is 6.42. The molecule has 0 fully saturated rings. The number of thiophene rings is 1. The van der Waals surface area contributed by atoms with Gasteiger partial charge in [-0.1, -0.05) is 49.4 Å². The lowest BCUT2D eigenvalue weighted by atomic mass is 10.0. The van der Waals surface area contributed by atoms with Crippen LogP contribution >= 0.6 is 34.5 Å². The fraction of sp³-hybridized carbons (Fsp3) is 0.600. The lowest BCUT2D eigenvalue weighted by molar-refractivity contribution is 0.582. The van der Waals surface area contributed by atoms with Crippen LogP contribution in [0.1, 0.15) is 44.2 Å². The predicted molar refractivity (Wildman–Crippen MR) is 65.4 cm³/mol. The lowest BCUT2D eigenvalue weighted by Crippen LogP contribution is -2.09. The Hall–Kier alpha value is 0.240. The molecule has 80 valence electrons. The first kappa shape index (κ1) is 12.3. The van der Waals surface area contributed by atoms with Gasteiger partial charge in [-0.15, -0.1) is 11.3 Å². The van der Waals surface area contributed by atoms with Gasteiger partial charge in [0, 0.05) is 6.04 Å². The van der Waals surface area contributed by atoms with Crippen molar-refractivity contribution in [2.24, 2.45) is 5.73 Å². The fourth-order valence-electron chi connectivity index (χ4n) is 1.38. The standard InChI is InChI=1S/C10H15Cl2NS/c1-2-3-4-5-8(13)7-6-9(11)14-10(7)12/h6,8H,2-5,13H2,1H3. The summed E-state index contributed by atoms with van der Waals surface area (Å²) >= 11 is 13.2. The van der Waals surface area contributed by atoms with Gasteiger partial charge in [0.2, 0.25) is 0 Å². The summed E-state index contributed by atoms with van der Waals surface area (Å²) in [6, 6.07) is 1.92. The van der Waals surface area contributed by atoms with E-state index in [4.69, 9.17) is 28.9 Å². The van der Waals surface area contributed by atoms with E-state index in [1.54, 1.807) is 0 Å². The summed E-state index contributed by atoms with van der Waals surface area (Å²) in [4.78, 5) is 0. The summed E-state index contributed by atoms with van der Waals surface area (Å²) in [6.45, 7) is 2.18. The van der Waals surface area contributed by atoms with Crippen LogP contribution in [0.3, 0.4) is 0 Å². The van der Waals surface area contributed by atoms with E-state index < -0.39 is 0 Å². The monoisotopic (exact) mass is 251 g/mol. The molecule has 2 N–H and O–H groups in total. The molecule has 0 spiro atoms. The molecule has 0 saturated heterocycles. The maximum atomic E-state index is 6.01. The predicted octanol–water partition coefficient (Wildman–Crippen LogP) is 4.64. The normalized spacial score (nSPS) is 13.1. The molecule has 4 heteroatoms. The van der Waals surface area contributed by atoms with E-state index in [0.29, 0.717) is 0 Å². The molecule has 0 bridgehead atoms. The van der Waals surface area contributed by atoms with Crippen molar-refractivity contribution in [1.29, 1.82) is 0 Å². The molecule has 0 amide bonds. The minimum atomic E-state index is 0.0396. The largest absolute Gasteiger partial charge is 0.324 e. The average molecular weight is 252 g/mol. The molecule has 1 heterocycles. The summed E-state index contributed by atoms with van der Waals surface area (Å²) in [7, 11) is 0. The smallest absolute Gasteiger partial charge is 0.0991 e. The topological polar surface area (TPSA) is 26.0 Å². The molecule has 0 aliphatic carbocycles. The number of rotatable bonds is 5. The molecule has 1 rings (SSSR count). The summed E-state index contributed by atoms with van der Waals surface area (Å²) in [5, 5.41) is 0. The van der Waals surface area contributed by atoms with E-state index in [9.17, 15) is 0 Å². The van der Waals surface area contributed by atoms with E-state index in [1.807, 2.05) is 6.07 Å². The van der Waals surface area contributed by atoms with Crippen LogP contribution in [0.5, 0.6) is 0 Å². The van der Waals surface area contributed by atoms with Gasteiger partial charge >= 0.3 is 0 Å². The highest BCUT2D eigenvalue weighted by molar-refractivity contribution is 7.20. The Morgan fingerprint density at radius 3 is 2.64 bits per heavy atom. The third-order valence-electron chi connectivity index (χ3n) is 2.20. The first-order chi connectivity index (χ1) is 6.65. The number of halogens is 2. The maximum absolute atomic E-state index is 6.01. The number of hydrogen-bond acceptors (Lipinski definition) is 2. The van der Waals surface area contributed by atoms with Crippen molar-refractivity contribution in [2.45, 2.75) is 38.6 Å². The molecule has 1 aromatic heterocycles. The van der Waals surface area contributed by atoms with Crippen LogP contribution in [0.4, 0.5) is 0 Å². The number of hydrogen-bond donors (Lipinski definition) is 1. The zero-order valence-corrected chi connectivity index (χ0v) is 10.6. The van der Waals surface area contributed by atoms with Crippen molar-refractivity contribution in [3.8, 4) is 0 Å². The maximum Gasteiger partial charge on any atom is 0.0991 e. The van der Waals surface area contributed by atoms with Crippen molar-refractivity contribution in [2.75, 3.05) is 0 Å². The minimum absolute atomic E-state index is 0.0396. The Morgan fingerprint density at radius 1 is 1.43 bits per heavy atom. The molecule has 1 atom stereocenters. The molecule has 0 aliphatic rings. The average Bonchev–Trinajstić information content (AvgIpc) is 2.45. The Kier molecular flexibility index (Phi) is 5.24. The molecule has 14 heavy (non-hydrogen) atoms.